The molecular formula is C16H24BrN3O. The van der Waals surface area contributed by atoms with E-state index in [1.165, 1.54) is 5.56 Å². The molecule has 1 aliphatic heterocycles. The number of amides is 1. The Morgan fingerprint density at radius 2 is 2.29 bits per heavy atom. The van der Waals surface area contributed by atoms with Gasteiger partial charge < -0.3 is 16.0 Å². The van der Waals surface area contributed by atoms with E-state index in [2.05, 4.69) is 51.3 Å². The second-order valence-corrected chi connectivity index (χ2v) is 6.91. The summed E-state index contributed by atoms with van der Waals surface area (Å²) in [5.41, 5.74) is 7.50. The highest BCUT2D eigenvalue weighted by Gasteiger charge is 2.39. The Kier molecular flexibility index (Phi) is 5.27. The number of nitrogens with zero attached hydrogens (tertiary/aromatic N) is 1. The maximum Gasteiger partial charge on any atom is 0.225 e. The van der Waals surface area contributed by atoms with Crippen LogP contribution in [-0.4, -0.2) is 25.5 Å². The molecule has 1 atom stereocenters. The Bertz CT molecular complexity index is 520. The number of benzene rings is 1. The molecule has 0 saturated carbocycles. The van der Waals surface area contributed by atoms with Gasteiger partial charge in [-0.1, -0.05) is 13.0 Å². The van der Waals surface area contributed by atoms with Crippen LogP contribution in [0, 0.1) is 5.41 Å². The molecule has 1 aromatic rings. The van der Waals surface area contributed by atoms with Gasteiger partial charge in [-0.15, -0.1) is 0 Å². The summed E-state index contributed by atoms with van der Waals surface area (Å²) >= 11 is 3.66. The van der Waals surface area contributed by atoms with E-state index in [1.807, 2.05) is 6.92 Å². The van der Waals surface area contributed by atoms with E-state index in [0.29, 0.717) is 6.54 Å². The first kappa shape index (κ1) is 16.3. The molecule has 2 rings (SSSR count). The number of halogens is 1. The fraction of sp³-hybridized carbons (Fsp3) is 0.562. The van der Waals surface area contributed by atoms with Crippen LogP contribution in [0.1, 0.15) is 32.3 Å². The molecule has 1 aromatic carbocycles. The van der Waals surface area contributed by atoms with Crippen molar-refractivity contribution in [2.75, 3.05) is 24.5 Å². The van der Waals surface area contributed by atoms with Crippen LogP contribution in [0.5, 0.6) is 0 Å². The highest BCUT2D eigenvalue weighted by atomic mass is 79.9. The molecule has 0 aromatic heterocycles. The first-order chi connectivity index (χ1) is 9.96. The maximum absolute atomic E-state index is 11.6. The van der Waals surface area contributed by atoms with Crippen molar-refractivity contribution in [2.24, 2.45) is 11.1 Å². The number of carbonyl (C=O) groups is 1. The number of rotatable bonds is 6. The average molecular weight is 354 g/mol. The topological polar surface area (TPSA) is 58.4 Å². The summed E-state index contributed by atoms with van der Waals surface area (Å²) in [6.45, 7) is 7.58. The Balaban J connectivity index is 2.06. The third kappa shape index (κ3) is 3.77. The van der Waals surface area contributed by atoms with Gasteiger partial charge in [0.05, 0.1) is 11.1 Å². The molecule has 1 saturated heterocycles. The monoisotopic (exact) mass is 353 g/mol. The quantitative estimate of drug-likeness (QED) is 0.773. The zero-order valence-corrected chi connectivity index (χ0v) is 14.4. The van der Waals surface area contributed by atoms with Gasteiger partial charge in [-0.05, 0) is 59.9 Å². The van der Waals surface area contributed by atoms with Gasteiger partial charge in [-0.25, -0.2) is 0 Å². The van der Waals surface area contributed by atoms with Crippen molar-refractivity contribution in [3.8, 4) is 0 Å². The molecule has 1 heterocycles. The lowest BCUT2D eigenvalue weighted by Crippen LogP contribution is -2.37. The van der Waals surface area contributed by atoms with Crippen molar-refractivity contribution >= 4 is 27.5 Å². The molecule has 1 fully saturated rings. The molecule has 0 aliphatic carbocycles. The molecule has 1 amide bonds. The number of hydrogen-bond acceptors (Lipinski definition) is 3. The van der Waals surface area contributed by atoms with Gasteiger partial charge in [-0.3, -0.25) is 4.79 Å². The number of primary amides is 1. The highest BCUT2D eigenvalue weighted by Crippen LogP contribution is 2.36. The summed E-state index contributed by atoms with van der Waals surface area (Å²) in [5, 5.41) is 3.40. The SMILES string of the molecule is CCCNCc1ccc(N2CCC(C)(C(N)=O)C2)c(Br)c1. The first-order valence-electron chi connectivity index (χ1n) is 7.50. The molecule has 21 heavy (non-hydrogen) atoms. The predicted octanol–water partition coefficient (Wildman–Crippen LogP) is 2.65. The Labute approximate surface area is 135 Å². The summed E-state index contributed by atoms with van der Waals surface area (Å²) in [7, 11) is 0. The van der Waals surface area contributed by atoms with Gasteiger partial charge in [0.2, 0.25) is 5.91 Å². The summed E-state index contributed by atoms with van der Waals surface area (Å²) < 4.78 is 1.08. The summed E-state index contributed by atoms with van der Waals surface area (Å²) in [6.07, 6.45) is 1.95. The second-order valence-electron chi connectivity index (χ2n) is 6.06. The minimum absolute atomic E-state index is 0.207. The Hall–Kier alpha value is -1.07. The van der Waals surface area contributed by atoms with Crippen LogP contribution in [-0.2, 0) is 11.3 Å². The van der Waals surface area contributed by atoms with Crippen LogP contribution in [0.25, 0.3) is 0 Å². The molecule has 116 valence electrons. The fourth-order valence-corrected chi connectivity index (χ4v) is 3.37. The smallest absolute Gasteiger partial charge is 0.225 e. The molecule has 1 unspecified atom stereocenters. The van der Waals surface area contributed by atoms with Crippen molar-refractivity contribution in [1.82, 2.24) is 5.32 Å². The lowest BCUT2D eigenvalue weighted by Gasteiger charge is -2.23. The molecule has 1 aliphatic rings. The molecule has 3 N–H and O–H groups in total. The largest absolute Gasteiger partial charge is 0.370 e. The van der Waals surface area contributed by atoms with Crippen molar-refractivity contribution in [3.63, 3.8) is 0 Å². The van der Waals surface area contributed by atoms with E-state index < -0.39 is 5.41 Å². The van der Waals surface area contributed by atoms with E-state index in [1.54, 1.807) is 0 Å². The Morgan fingerprint density at radius 3 is 2.86 bits per heavy atom. The number of carbonyl (C=O) groups excluding carboxylic acids is 1. The number of hydrogen-bond donors (Lipinski definition) is 2. The van der Waals surface area contributed by atoms with Gasteiger partial charge in [0, 0.05) is 24.1 Å². The van der Waals surface area contributed by atoms with Gasteiger partial charge in [-0.2, -0.15) is 0 Å². The van der Waals surface area contributed by atoms with Gasteiger partial charge in [0.25, 0.3) is 0 Å². The van der Waals surface area contributed by atoms with Crippen LogP contribution in [0.2, 0.25) is 0 Å². The van der Waals surface area contributed by atoms with Crippen LogP contribution in [0.15, 0.2) is 22.7 Å². The van der Waals surface area contributed by atoms with Crippen LogP contribution in [0.4, 0.5) is 5.69 Å². The second kappa shape index (κ2) is 6.79. The lowest BCUT2D eigenvalue weighted by atomic mass is 9.89. The Morgan fingerprint density at radius 1 is 1.52 bits per heavy atom. The van der Waals surface area contributed by atoms with Crippen molar-refractivity contribution in [2.45, 2.75) is 33.2 Å². The third-order valence-electron chi connectivity index (χ3n) is 4.18. The molecule has 4 nitrogen and oxygen atoms in total. The van der Waals surface area contributed by atoms with Crippen LogP contribution >= 0.6 is 15.9 Å². The molecular weight excluding hydrogens is 330 g/mol. The average Bonchev–Trinajstić information content (AvgIpc) is 2.83. The van der Waals surface area contributed by atoms with E-state index in [4.69, 9.17) is 5.73 Å². The third-order valence-corrected chi connectivity index (χ3v) is 4.81. The van der Waals surface area contributed by atoms with Gasteiger partial charge in [0.1, 0.15) is 0 Å². The maximum atomic E-state index is 11.6. The van der Waals surface area contributed by atoms with Gasteiger partial charge >= 0.3 is 0 Å². The van der Waals surface area contributed by atoms with Crippen molar-refractivity contribution in [1.29, 1.82) is 0 Å². The minimum atomic E-state index is -0.416. The van der Waals surface area contributed by atoms with E-state index in [0.717, 1.165) is 42.6 Å². The zero-order valence-electron chi connectivity index (χ0n) is 12.8. The normalized spacial score (nSPS) is 21.8. The van der Waals surface area contributed by atoms with Crippen molar-refractivity contribution in [3.05, 3.63) is 28.2 Å². The minimum Gasteiger partial charge on any atom is -0.370 e. The van der Waals surface area contributed by atoms with Crippen LogP contribution in [0.3, 0.4) is 0 Å². The fourth-order valence-electron chi connectivity index (χ4n) is 2.69. The summed E-state index contributed by atoms with van der Waals surface area (Å²) in [4.78, 5) is 13.8. The number of nitrogens with one attached hydrogen (secondary N) is 1. The zero-order chi connectivity index (χ0) is 15.5. The predicted molar refractivity (Wildman–Crippen MR) is 90.3 cm³/mol. The lowest BCUT2D eigenvalue weighted by molar-refractivity contribution is -0.125. The number of anilines is 1. The van der Waals surface area contributed by atoms with E-state index in [-0.39, 0.29) is 5.91 Å². The molecule has 0 bridgehead atoms. The molecule has 0 radical (unpaired) electrons. The summed E-state index contributed by atoms with van der Waals surface area (Å²) in [6, 6.07) is 6.42. The van der Waals surface area contributed by atoms with Gasteiger partial charge in [0.15, 0.2) is 0 Å². The van der Waals surface area contributed by atoms with E-state index >= 15 is 0 Å². The standard InChI is InChI=1S/C16H24BrN3O/c1-3-7-19-10-12-4-5-14(13(17)9-12)20-8-6-16(2,11-20)15(18)21/h4-5,9,19H,3,6-8,10-11H2,1-2H3,(H2,18,21). The first-order valence-corrected chi connectivity index (χ1v) is 8.29. The van der Waals surface area contributed by atoms with Crippen molar-refractivity contribution < 1.29 is 4.79 Å². The van der Waals surface area contributed by atoms with E-state index in [9.17, 15) is 4.79 Å². The molecule has 5 heteroatoms. The van der Waals surface area contributed by atoms with Crippen LogP contribution < -0.4 is 16.0 Å². The molecule has 0 spiro atoms. The highest BCUT2D eigenvalue weighted by molar-refractivity contribution is 9.10. The number of nitrogens with two attached hydrogens (primary N) is 1. The summed E-state index contributed by atoms with van der Waals surface area (Å²) in [5.74, 6) is -0.207.